The van der Waals surface area contributed by atoms with Crippen molar-refractivity contribution in [1.82, 2.24) is 10.2 Å². The summed E-state index contributed by atoms with van der Waals surface area (Å²) in [5.41, 5.74) is 1.25. The molecule has 8 heteroatoms. The molecule has 1 saturated carbocycles. The Bertz CT molecular complexity index is 956. The average Bonchev–Trinajstić information content (AvgIpc) is 3.25. The van der Waals surface area contributed by atoms with Gasteiger partial charge < -0.3 is 10.2 Å². The first-order valence-corrected chi connectivity index (χ1v) is 12.3. The van der Waals surface area contributed by atoms with E-state index >= 15 is 0 Å². The van der Waals surface area contributed by atoms with E-state index in [0.29, 0.717) is 37.6 Å². The zero-order valence-corrected chi connectivity index (χ0v) is 20.9. The Balaban J connectivity index is 1.89. The van der Waals surface area contributed by atoms with Gasteiger partial charge in [0.2, 0.25) is 11.8 Å². The normalized spacial score (nSPS) is 14.9. The summed E-state index contributed by atoms with van der Waals surface area (Å²) in [6, 6.07) is 9.72. The zero-order chi connectivity index (χ0) is 23.3. The number of rotatable bonds is 8. The van der Waals surface area contributed by atoms with Crippen LogP contribution < -0.4 is 5.32 Å². The summed E-state index contributed by atoms with van der Waals surface area (Å²) in [4.78, 5) is 28.2. The number of hydrogen-bond donors (Lipinski definition) is 1. The molecule has 0 heterocycles. The number of amides is 2. The topological polar surface area (TPSA) is 49.4 Å². The highest BCUT2D eigenvalue weighted by Gasteiger charge is 2.31. The van der Waals surface area contributed by atoms with E-state index in [1.165, 1.54) is 0 Å². The van der Waals surface area contributed by atoms with Gasteiger partial charge >= 0.3 is 0 Å². The second-order valence-electron chi connectivity index (χ2n) is 8.05. The summed E-state index contributed by atoms with van der Waals surface area (Å²) in [5, 5.41) is 4.92. The maximum atomic E-state index is 13.5. The first kappa shape index (κ1) is 25.2. The second-order valence-corrected chi connectivity index (χ2v) is 9.71. The third kappa shape index (κ3) is 6.32. The fourth-order valence-corrected chi connectivity index (χ4v) is 5.06. The van der Waals surface area contributed by atoms with Gasteiger partial charge in [0.15, 0.2) is 0 Å². The molecule has 172 valence electrons. The quantitative estimate of drug-likeness (QED) is 0.424. The van der Waals surface area contributed by atoms with Gasteiger partial charge in [-0.25, -0.2) is 0 Å². The van der Waals surface area contributed by atoms with E-state index in [1.54, 1.807) is 41.3 Å². The monoisotopic (exact) mass is 514 g/mol. The van der Waals surface area contributed by atoms with Crippen molar-refractivity contribution in [2.45, 2.75) is 64.1 Å². The van der Waals surface area contributed by atoms with Crippen LogP contribution in [0.3, 0.4) is 0 Å². The lowest BCUT2D eigenvalue weighted by molar-refractivity contribution is -0.141. The van der Waals surface area contributed by atoms with Gasteiger partial charge in [0, 0.05) is 38.2 Å². The third-order valence-corrected chi connectivity index (χ3v) is 7.13. The van der Waals surface area contributed by atoms with Crippen molar-refractivity contribution in [2.75, 3.05) is 0 Å². The largest absolute Gasteiger partial charge is 0.352 e. The van der Waals surface area contributed by atoms with Crippen molar-refractivity contribution in [3.63, 3.8) is 0 Å². The van der Waals surface area contributed by atoms with Gasteiger partial charge in [0.25, 0.3) is 0 Å². The maximum Gasteiger partial charge on any atom is 0.243 e. The summed E-state index contributed by atoms with van der Waals surface area (Å²) in [7, 11) is 0. The van der Waals surface area contributed by atoms with Crippen LogP contribution >= 0.6 is 46.4 Å². The molecule has 4 nitrogen and oxygen atoms in total. The molecule has 1 atom stereocenters. The van der Waals surface area contributed by atoms with Crippen molar-refractivity contribution >= 4 is 58.2 Å². The Kier molecular flexibility index (Phi) is 9.13. The molecular weight excluding hydrogens is 490 g/mol. The van der Waals surface area contributed by atoms with Crippen molar-refractivity contribution in [2.24, 2.45) is 0 Å². The molecular formula is C24H26Cl4N2O2. The Morgan fingerprint density at radius 1 is 1.03 bits per heavy atom. The van der Waals surface area contributed by atoms with Gasteiger partial charge in [-0.1, -0.05) is 78.3 Å². The lowest BCUT2D eigenvalue weighted by atomic mass is 10.1. The van der Waals surface area contributed by atoms with E-state index in [0.717, 1.165) is 25.7 Å². The Morgan fingerprint density at radius 2 is 1.69 bits per heavy atom. The summed E-state index contributed by atoms with van der Waals surface area (Å²) >= 11 is 25.1. The Labute approximate surface area is 209 Å². The molecule has 1 aliphatic carbocycles. The van der Waals surface area contributed by atoms with E-state index in [2.05, 4.69) is 5.32 Å². The highest BCUT2D eigenvalue weighted by molar-refractivity contribution is 6.36. The lowest BCUT2D eigenvalue weighted by Crippen LogP contribution is -2.51. The maximum absolute atomic E-state index is 13.5. The van der Waals surface area contributed by atoms with Crippen LogP contribution in [0.1, 0.15) is 50.2 Å². The number of nitrogens with one attached hydrogen (secondary N) is 1. The van der Waals surface area contributed by atoms with Crippen molar-refractivity contribution in [1.29, 1.82) is 0 Å². The summed E-state index contributed by atoms with van der Waals surface area (Å²) in [6.07, 6.45) is 4.63. The summed E-state index contributed by atoms with van der Waals surface area (Å²) in [6.45, 7) is 2.02. The number of hydrogen-bond acceptors (Lipinski definition) is 2. The Morgan fingerprint density at radius 3 is 2.28 bits per heavy atom. The number of carbonyl (C=O) groups is 2. The fraction of sp³-hybridized carbons (Fsp3) is 0.417. The molecule has 1 fully saturated rings. The van der Waals surface area contributed by atoms with E-state index in [4.69, 9.17) is 46.4 Å². The standard InChI is InChI=1S/C24H26Cl4N2O2/c1-2-22(24(32)29-17-6-3-4-7-17)30(14-18-19(26)8-5-9-20(18)27)23(31)12-15-10-11-16(25)13-21(15)28/h5,8-11,13,17,22H,2-4,6-7,12,14H2,1H3,(H,29,32)/t22-/m1/s1. The van der Waals surface area contributed by atoms with Crippen LogP contribution in [0.2, 0.25) is 20.1 Å². The minimum absolute atomic E-state index is 0.0330. The van der Waals surface area contributed by atoms with Crippen molar-refractivity contribution in [3.05, 3.63) is 67.6 Å². The lowest BCUT2D eigenvalue weighted by Gasteiger charge is -2.32. The van der Waals surface area contributed by atoms with Gasteiger partial charge in [0.05, 0.1) is 6.42 Å². The Hall–Kier alpha value is -1.46. The molecule has 0 bridgehead atoms. The molecule has 2 aromatic rings. The highest BCUT2D eigenvalue weighted by Crippen LogP contribution is 2.28. The predicted molar refractivity (Wildman–Crippen MR) is 132 cm³/mol. The second kappa shape index (κ2) is 11.6. The first-order chi connectivity index (χ1) is 15.3. The number of halogens is 4. The van der Waals surface area contributed by atoms with Gasteiger partial charge in [-0.05, 0) is 49.1 Å². The van der Waals surface area contributed by atoms with E-state index < -0.39 is 6.04 Å². The smallest absolute Gasteiger partial charge is 0.243 e. The van der Waals surface area contributed by atoms with E-state index in [9.17, 15) is 9.59 Å². The van der Waals surface area contributed by atoms with Gasteiger partial charge in [-0.2, -0.15) is 0 Å². The van der Waals surface area contributed by atoms with Gasteiger partial charge in [-0.15, -0.1) is 0 Å². The first-order valence-electron chi connectivity index (χ1n) is 10.8. The van der Waals surface area contributed by atoms with Crippen LogP contribution in [-0.2, 0) is 22.6 Å². The van der Waals surface area contributed by atoms with Crippen molar-refractivity contribution in [3.8, 4) is 0 Å². The molecule has 1 N–H and O–H groups in total. The number of benzene rings is 2. The van der Waals surface area contributed by atoms with Gasteiger partial charge in [0.1, 0.15) is 6.04 Å². The fourth-order valence-electron chi connectivity index (χ4n) is 4.07. The zero-order valence-electron chi connectivity index (χ0n) is 17.8. The van der Waals surface area contributed by atoms with E-state index in [1.807, 2.05) is 6.92 Å². The summed E-state index contributed by atoms with van der Waals surface area (Å²) < 4.78 is 0. The number of nitrogens with zero attached hydrogens (tertiary/aromatic N) is 1. The third-order valence-electron chi connectivity index (χ3n) is 5.83. The van der Waals surface area contributed by atoms with Crippen LogP contribution in [-0.4, -0.2) is 28.8 Å². The average molecular weight is 516 g/mol. The molecule has 2 amide bonds. The van der Waals surface area contributed by atoms with Crippen LogP contribution in [0.4, 0.5) is 0 Å². The molecule has 1 aliphatic rings. The minimum Gasteiger partial charge on any atom is -0.352 e. The molecule has 3 rings (SSSR count). The summed E-state index contributed by atoms with van der Waals surface area (Å²) in [5.74, 6) is -0.392. The van der Waals surface area contributed by atoms with Crippen LogP contribution in [0, 0.1) is 0 Å². The minimum atomic E-state index is -0.651. The number of carbonyl (C=O) groups excluding carboxylic acids is 2. The SMILES string of the molecule is CC[C@H](C(=O)NC1CCCC1)N(Cc1c(Cl)cccc1Cl)C(=O)Cc1ccc(Cl)cc1Cl. The molecule has 0 unspecified atom stereocenters. The van der Waals surface area contributed by atoms with Crippen LogP contribution in [0.25, 0.3) is 0 Å². The molecule has 32 heavy (non-hydrogen) atoms. The van der Waals surface area contributed by atoms with Crippen LogP contribution in [0.5, 0.6) is 0 Å². The highest BCUT2D eigenvalue weighted by atomic mass is 35.5. The molecule has 0 radical (unpaired) electrons. The van der Waals surface area contributed by atoms with Crippen LogP contribution in [0.15, 0.2) is 36.4 Å². The molecule has 0 aliphatic heterocycles. The predicted octanol–water partition coefficient (Wildman–Crippen LogP) is 6.71. The molecule has 0 aromatic heterocycles. The van der Waals surface area contributed by atoms with E-state index in [-0.39, 0.29) is 30.8 Å². The van der Waals surface area contributed by atoms with Gasteiger partial charge in [-0.3, -0.25) is 9.59 Å². The molecule has 2 aromatic carbocycles. The molecule has 0 saturated heterocycles. The molecule has 0 spiro atoms. The van der Waals surface area contributed by atoms with Crippen molar-refractivity contribution < 1.29 is 9.59 Å².